The van der Waals surface area contributed by atoms with Crippen LogP contribution in [0.5, 0.6) is 0 Å². The Morgan fingerprint density at radius 1 is 0.286 bits per heavy atom. The quantitative estimate of drug-likeness (QED) is 0.0446. The Morgan fingerprint density at radius 3 is 0.556 bits per heavy atom. The molecule has 0 amide bonds. The van der Waals surface area contributed by atoms with Crippen LogP contribution in [0.3, 0.4) is 0 Å². The van der Waals surface area contributed by atoms with E-state index in [9.17, 15) is 19.8 Å². The summed E-state index contributed by atoms with van der Waals surface area (Å²) < 4.78 is 0. The van der Waals surface area contributed by atoms with Gasteiger partial charge in [-0.2, -0.15) is 0 Å². The van der Waals surface area contributed by atoms with Gasteiger partial charge < -0.3 is 19.8 Å². The fourth-order valence-electron chi connectivity index (χ4n) is 9.20. The number of carboxylic acid groups (broad SMARTS) is 2. The van der Waals surface area contributed by atoms with Gasteiger partial charge in [-0.25, -0.2) is 0 Å². The zero-order valence-electron chi connectivity index (χ0n) is 43.9. The summed E-state index contributed by atoms with van der Waals surface area (Å²) in [5.41, 5.74) is 0. The summed E-state index contributed by atoms with van der Waals surface area (Å²) >= 11 is 0. The van der Waals surface area contributed by atoms with E-state index in [1.807, 2.05) is 13.8 Å². The molecule has 0 aromatic rings. The molecule has 0 heterocycles. The third-order valence-electron chi connectivity index (χ3n) is 13.4. The minimum atomic E-state index is -0.887. The molecular weight excluding hydrogens is 805 g/mol. The first kappa shape index (κ1) is 67.4. The fourth-order valence-corrected chi connectivity index (χ4v) is 9.20. The molecule has 7 heteroatoms. The molecule has 0 rings (SSSR count). The standard InChI is InChI=1S/2C28H57NO2.Ca/c2*1-4-7-9-11-13-15-17-19-21-23-25-29(27(6-3)28(30)31)26-24-22-20-18-16-14-12-10-8-5-2;/h2*27H,4-26H2,1-3H3,(H,30,31);/q;;+2/p-2. The molecule has 0 N–H and O–H groups in total. The molecule has 0 bridgehead atoms. The molecule has 0 aliphatic carbocycles. The molecule has 0 aromatic carbocycles. The first-order valence-electron chi connectivity index (χ1n) is 28.2. The van der Waals surface area contributed by atoms with Crippen LogP contribution in [0.4, 0.5) is 0 Å². The number of carbonyl (C=O) groups excluding carboxylic acids is 2. The van der Waals surface area contributed by atoms with Crippen molar-refractivity contribution >= 4 is 49.7 Å². The van der Waals surface area contributed by atoms with Crippen molar-refractivity contribution in [3.63, 3.8) is 0 Å². The van der Waals surface area contributed by atoms with Crippen molar-refractivity contribution < 1.29 is 19.8 Å². The minimum absolute atomic E-state index is 0. The smallest absolute Gasteiger partial charge is 0.548 e. The summed E-state index contributed by atoms with van der Waals surface area (Å²) in [6, 6.07) is -0.811. The first-order chi connectivity index (χ1) is 30.3. The summed E-state index contributed by atoms with van der Waals surface area (Å²) in [6.07, 6.45) is 54.2. The normalized spacial score (nSPS) is 12.3. The van der Waals surface area contributed by atoms with Crippen LogP contribution < -0.4 is 10.2 Å². The zero-order valence-corrected chi connectivity index (χ0v) is 46.1. The van der Waals surface area contributed by atoms with E-state index >= 15 is 0 Å². The van der Waals surface area contributed by atoms with Crippen molar-refractivity contribution in [2.24, 2.45) is 0 Å². The topological polar surface area (TPSA) is 86.7 Å². The van der Waals surface area contributed by atoms with Gasteiger partial charge in [-0.1, -0.05) is 273 Å². The van der Waals surface area contributed by atoms with Gasteiger partial charge in [0.2, 0.25) is 0 Å². The maximum absolute atomic E-state index is 11.6. The molecule has 0 spiro atoms. The van der Waals surface area contributed by atoms with Crippen LogP contribution in [0.1, 0.15) is 311 Å². The molecule has 0 saturated carbocycles. The maximum atomic E-state index is 11.6. The van der Waals surface area contributed by atoms with Gasteiger partial charge in [-0.15, -0.1) is 0 Å². The Hall–Kier alpha value is 0.120. The molecule has 0 saturated heterocycles. The van der Waals surface area contributed by atoms with Crippen LogP contribution in [0.15, 0.2) is 0 Å². The van der Waals surface area contributed by atoms with E-state index in [1.165, 1.54) is 231 Å². The van der Waals surface area contributed by atoms with Gasteiger partial charge in [-0.05, 0) is 64.7 Å². The summed E-state index contributed by atoms with van der Waals surface area (Å²) in [5.74, 6) is -1.77. The molecule has 0 fully saturated rings. The van der Waals surface area contributed by atoms with E-state index in [0.29, 0.717) is 12.8 Å². The summed E-state index contributed by atoms with van der Waals surface area (Å²) in [5, 5.41) is 23.2. The summed E-state index contributed by atoms with van der Waals surface area (Å²) in [7, 11) is 0. The first-order valence-corrected chi connectivity index (χ1v) is 28.2. The Labute approximate surface area is 425 Å². The molecular formula is C56H112CaN2O4. The van der Waals surface area contributed by atoms with Gasteiger partial charge >= 0.3 is 37.7 Å². The van der Waals surface area contributed by atoms with Crippen molar-refractivity contribution in [3.05, 3.63) is 0 Å². The predicted octanol–water partition coefficient (Wildman–Crippen LogP) is 14.9. The molecule has 372 valence electrons. The largest absolute Gasteiger partial charge is 2.00 e. The van der Waals surface area contributed by atoms with Crippen molar-refractivity contribution in [1.82, 2.24) is 9.80 Å². The Bertz CT molecular complexity index is 773. The average molecular weight is 918 g/mol. The van der Waals surface area contributed by atoms with Gasteiger partial charge in [0, 0.05) is 12.1 Å². The SMILES string of the molecule is CCCCCCCCCCCCN(CCCCCCCCCCCC)C(CC)C(=O)[O-].CCCCCCCCCCCCN(CCCCCCCCCCCC)C(CC)C(=O)[O-].[Ca+2]. The molecule has 2 atom stereocenters. The Kier molecular flexibility index (Phi) is 60.4. The molecule has 0 aliphatic heterocycles. The van der Waals surface area contributed by atoms with Crippen molar-refractivity contribution in [2.75, 3.05) is 26.2 Å². The van der Waals surface area contributed by atoms with E-state index in [0.717, 1.165) is 51.9 Å². The van der Waals surface area contributed by atoms with Gasteiger partial charge in [0.25, 0.3) is 0 Å². The number of rotatable bonds is 50. The van der Waals surface area contributed by atoms with Crippen molar-refractivity contribution in [2.45, 2.75) is 323 Å². The molecule has 0 aliphatic rings. The van der Waals surface area contributed by atoms with Gasteiger partial charge in [0.15, 0.2) is 0 Å². The number of hydrogen-bond acceptors (Lipinski definition) is 6. The summed E-state index contributed by atoms with van der Waals surface area (Å²) in [6.45, 7) is 16.7. The number of carbonyl (C=O) groups is 2. The molecule has 63 heavy (non-hydrogen) atoms. The van der Waals surface area contributed by atoms with Crippen LogP contribution in [0.2, 0.25) is 0 Å². The molecule has 0 aromatic heterocycles. The summed E-state index contributed by atoms with van der Waals surface area (Å²) in [4.78, 5) is 27.6. The van der Waals surface area contributed by atoms with Crippen molar-refractivity contribution in [3.8, 4) is 0 Å². The second kappa shape index (κ2) is 56.4. The fraction of sp³-hybridized carbons (Fsp3) is 0.964. The minimum Gasteiger partial charge on any atom is -0.548 e. The molecule has 6 nitrogen and oxygen atoms in total. The van der Waals surface area contributed by atoms with Gasteiger partial charge in [0.05, 0.1) is 11.9 Å². The number of unbranched alkanes of at least 4 members (excludes halogenated alkanes) is 36. The van der Waals surface area contributed by atoms with Crippen LogP contribution in [-0.2, 0) is 9.59 Å². The predicted molar refractivity (Wildman–Crippen MR) is 274 cm³/mol. The van der Waals surface area contributed by atoms with Crippen LogP contribution >= 0.6 is 0 Å². The van der Waals surface area contributed by atoms with Gasteiger partial charge in [-0.3, -0.25) is 9.80 Å². The van der Waals surface area contributed by atoms with E-state index in [4.69, 9.17) is 0 Å². The number of hydrogen-bond donors (Lipinski definition) is 0. The third-order valence-corrected chi connectivity index (χ3v) is 13.4. The second-order valence-electron chi connectivity index (χ2n) is 19.3. The van der Waals surface area contributed by atoms with Crippen molar-refractivity contribution in [1.29, 1.82) is 0 Å². The van der Waals surface area contributed by atoms with Gasteiger partial charge in [0.1, 0.15) is 0 Å². The second-order valence-corrected chi connectivity index (χ2v) is 19.3. The average Bonchev–Trinajstić information content (AvgIpc) is 3.26. The van der Waals surface area contributed by atoms with E-state index in [1.54, 1.807) is 0 Å². The number of nitrogens with zero attached hydrogens (tertiary/aromatic N) is 2. The number of carboxylic acids is 2. The maximum Gasteiger partial charge on any atom is 2.00 e. The third kappa shape index (κ3) is 48.4. The Morgan fingerprint density at radius 2 is 0.429 bits per heavy atom. The van der Waals surface area contributed by atoms with Crippen LogP contribution in [0.25, 0.3) is 0 Å². The Balaban J connectivity index is -0.00000112. The zero-order chi connectivity index (χ0) is 46.0. The van der Waals surface area contributed by atoms with E-state index < -0.39 is 24.0 Å². The van der Waals surface area contributed by atoms with Crippen LogP contribution in [-0.4, -0.2) is 97.7 Å². The van der Waals surface area contributed by atoms with Crippen LogP contribution in [0, 0.1) is 0 Å². The number of aliphatic carboxylic acids is 2. The monoisotopic (exact) mass is 917 g/mol. The molecule has 0 radical (unpaired) electrons. The van der Waals surface area contributed by atoms with E-state index in [-0.39, 0.29) is 37.7 Å². The van der Waals surface area contributed by atoms with E-state index in [2.05, 4.69) is 37.5 Å². The molecule has 2 unspecified atom stereocenters.